The van der Waals surface area contributed by atoms with E-state index in [9.17, 15) is 0 Å². The summed E-state index contributed by atoms with van der Waals surface area (Å²) >= 11 is 3.65. The summed E-state index contributed by atoms with van der Waals surface area (Å²) in [5.41, 5.74) is 8.66. The Morgan fingerprint density at radius 1 is 1.42 bits per heavy atom. The highest BCUT2D eigenvalue weighted by Crippen LogP contribution is 2.38. The third-order valence-electron chi connectivity index (χ3n) is 4.74. The molecule has 1 aromatic carbocycles. The predicted molar refractivity (Wildman–Crippen MR) is 83.5 cm³/mol. The zero-order valence-corrected chi connectivity index (χ0v) is 13.0. The predicted octanol–water partition coefficient (Wildman–Crippen LogP) is 2.59. The molecule has 3 N–H and O–H groups in total. The van der Waals surface area contributed by atoms with Crippen molar-refractivity contribution in [3.8, 4) is 0 Å². The van der Waals surface area contributed by atoms with E-state index in [1.165, 1.54) is 37.2 Å². The minimum atomic E-state index is 0.0484. The molecule has 104 valence electrons. The van der Waals surface area contributed by atoms with Gasteiger partial charge in [-0.25, -0.2) is 0 Å². The summed E-state index contributed by atoms with van der Waals surface area (Å²) in [5, 5.41) is 3.77. The third-order valence-corrected chi connectivity index (χ3v) is 5.44. The van der Waals surface area contributed by atoms with Gasteiger partial charge in [0.1, 0.15) is 0 Å². The maximum Gasteiger partial charge on any atom is 0.0651 e. The van der Waals surface area contributed by atoms with Crippen molar-refractivity contribution in [2.75, 3.05) is 31.5 Å². The summed E-state index contributed by atoms with van der Waals surface area (Å²) in [7, 11) is 0. The normalized spacial score (nSPS) is 33.4. The fraction of sp³-hybridized carbons (Fsp3) is 0.600. The van der Waals surface area contributed by atoms with E-state index in [1.54, 1.807) is 0 Å². The van der Waals surface area contributed by atoms with Crippen LogP contribution in [-0.2, 0) is 0 Å². The molecule has 1 atom stereocenters. The SMILES string of the molecule is Cc1ccc(Br)c(NC2(CN)CN3CCC2CC3)c1. The Kier molecular flexibility index (Phi) is 3.58. The fourth-order valence-corrected chi connectivity index (χ4v) is 3.94. The van der Waals surface area contributed by atoms with Crippen LogP contribution in [0.5, 0.6) is 0 Å². The lowest BCUT2D eigenvalue weighted by atomic mass is 9.72. The molecule has 0 radical (unpaired) electrons. The summed E-state index contributed by atoms with van der Waals surface area (Å²) in [6.45, 7) is 6.39. The number of halogens is 1. The minimum Gasteiger partial charge on any atom is -0.376 e. The Hall–Kier alpha value is -0.580. The molecule has 4 rings (SSSR count). The van der Waals surface area contributed by atoms with Crippen molar-refractivity contribution in [2.24, 2.45) is 11.7 Å². The fourth-order valence-electron chi connectivity index (χ4n) is 3.60. The molecule has 4 heteroatoms. The van der Waals surface area contributed by atoms with Gasteiger partial charge in [0.15, 0.2) is 0 Å². The Morgan fingerprint density at radius 2 is 2.16 bits per heavy atom. The molecule has 2 bridgehead atoms. The molecule has 1 aromatic rings. The number of rotatable bonds is 3. The van der Waals surface area contributed by atoms with E-state index in [4.69, 9.17) is 5.73 Å². The lowest BCUT2D eigenvalue weighted by Crippen LogP contribution is -2.66. The number of nitrogens with zero attached hydrogens (tertiary/aromatic N) is 1. The van der Waals surface area contributed by atoms with E-state index in [0.29, 0.717) is 12.5 Å². The summed E-state index contributed by atoms with van der Waals surface area (Å²) in [6.07, 6.45) is 2.54. The Labute approximate surface area is 123 Å². The monoisotopic (exact) mass is 323 g/mol. The van der Waals surface area contributed by atoms with Crippen LogP contribution in [0.2, 0.25) is 0 Å². The second-order valence-corrected chi connectivity index (χ2v) is 6.87. The summed E-state index contributed by atoms with van der Waals surface area (Å²) in [5.74, 6) is 0.704. The van der Waals surface area contributed by atoms with Crippen molar-refractivity contribution in [3.05, 3.63) is 28.2 Å². The number of anilines is 1. The molecule has 3 heterocycles. The average molecular weight is 324 g/mol. The minimum absolute atomic E-state index is 0.0484. The molecule has 0 spiro atoms. The zero-order valence-electron chi connectivity index (χ0n) is 11.5. The van der Waals surface area contributed by atoms with Gasteiger partial charge in [-0.3, -0.25) is 0 Å². The van der Waals surface area contributed by atoms with Crippen molar-refractivity contribution in [2.45, 2.75) is 25.3 Å². The van der Waals surface area contributed by atoms with Crippen LogP contribution in [-0.4, -0.2) is 36.6 Å². The first-order chi connectivity index (χ1) is 9.13. The molecule has 3 aliphatic heterocycles. The highest BCUT2D eigenvalue weighted by atomic mass is 79.9. The number of hydrogen-bond donors (Lipinski definition) is 2. The van der Waals surface area contributed by atoms with Crippen LogP contribution in [0.4, 0.5) is 5.69 Å². The highest BCUT2D eigenvalue weighted by molar-refractivity contribution is 9.10. The number of benzene rings is 1. The summed E-state index contributed by atoms with van der Waals surface area (Å²) < 4.78 is 1.13. The van der Waals surface area contributed by atoms with Gasteiger partial charge in [0.2, 0.25) is 0 Å². The molecule has 0 aliphatic carbocycles. The van der Waals surface area contributed by atoms with Crippen LogP contribution in [0.1, 0.15) is 18.4 Å². The van der Waals surface area contributed by atoms with Gasteiger partial charge in [-0.1, -0.05) is 6.07 Å². The van der Waals surface area contributed by atoms with Crippen LogP contribution in [0.25, 0.3) is 0 Å². The van der Waals surface area contributed by atoms with E-state index in [-0.39, 0.29) is 5.54 Å². The molecule has 3 aliphatic rings. The van der Waals surface area contributed by atoms with Crippen LogP contribution in [0.3, 0.4) is 0 Å². The smallest absolute Gasteiger partial charge is 0.0651 e. The van der Waals surface area contributed by atoms with E-state index >= 15 is 0 Å². The number of piperidine rings is 3. The zero-order chi connectivity index (χ0) is 13.5. The Balaban J connectivity index is 1.89. The van der Waals surface area contributed by atoms with Crippen molar-refractivity contribution >= 4 is 21.6 Å². The second-order valence-electron chi connectivity index (χ2n) is 6.02. The highest BCUT2D eigenvalue weighted by Gasteiger charge is 2.45. The first kappa shape index (κ1) is 13.4. The van der Waals surface area contributed by atoms with E-state index in [0.717, 1.165) is 11.0 Å². The van der Waals surface area contributed by atoms with Crippen LogP contribution < -0.4 is 11.1 Å². The maximum atomic E-state index is 6.16. The molecule has 0 amide bonds. The first-order valence-corrected chi connectivity index (χ1v) is 7.89. The second kappa shape index (κ2) is 5.08. The van der Waals surface area contributed by atoms with Gasteiger partial charge >= 0.3 is 0 Å². The average Bonchev–Trinajstić information content (AvgIpc) is 2.44. The standard InChI is InChI=1S/C15H22BrN3/c1-11-2-3-13(16)14(8-11)18-15(9-17)10-19-6-4-12(15)5-7-19/h2-3,8,12,18H,4-7,9-10,17H2,1H3. The van der Waals surface area contributed by atoms with Gasteiger partial charge in [-0.05, 0) is 72.4 Å². The van der Waals surface area contributed by atoms with Crippen LogP contribution in [0, 0.1) is 12.8 Å². The largest absolute Gasteiger partial charge is 0.376 e. The van der Waals surface area contributed by atoms with Gasteiger partial charge in [0.25, 0.3) is 0 Å². The van der Waals surface area contributed by atoms with Crippen molar-refractivity contribution in [1.29, 1.82) is 0 Å². The van der Waals surface area contributed by atoms with Gasteiger partial charge in [0.05, 0.1) is 5.54 Å². The van der Waals surface area contributed by atoms with Crippen LogP contribution >= 0.6 is 15.9 Å². The molecule has 1 unspecified atom stereocenters. The first-order valence-electron chi connectivity index (χ1n) is 7.10. The van der Waals surface area contributed by atoms with Gasteiger partial charge in [-0.15, -0.1) is 0 Å². The van der Waals surface area contributed by atoms with E-state index in [2.05, 4.69) is 51.3 Å². The van der Waals surface area contributed by atoms with Gasteiger partial charge in [0, 0.05) is 23.2 Å². The Morgan fingerprint density at radius 3 is 2.74 bits per heavy atom. The number of aryl methyl sites for hydroxylation is 1. The molecule has 0 saturated carbocycles. The molecular formula is C15H22BrN3. The van der Waals surface area contributed by atoms with E-state index in [1.807, 2.05) is 0 Å². The number of hydrogen-bond acceptors (Lipinski definition) is 3. The van der Waals surface area contributed by atoms with Gasteiger partial charge < -0.3 is 16.0 Å². The van der Waals surface area contributed by atoms with E-state index < -0.39 is 0 Å². The van der Waals surface area contributed by atoms with Crippen LogP contribution in [0.15, 0.2) is 22.7 Å². The van der Waals surface area contributed by atoms with Crippen molar-refractivity contribution in [1.82, 2.24) is 4.90 Å². The maximum absolute atomic E-state index is 6.16. The molecule has 3 fully saturated rings. The van der Waals surface area contributed by atoms with Gasteiger partial charge in [-0.2, -0.15) is 0 Å². The lowest BCUT2D eigenvalue weighted by molar-refractivity contribution is 0.0448. The topological polar surface area (TPSA) is 41.3 Å². The quantitative estimate of drug-likeness (QED) is 0.898. The Bertz CT molecular complexity index is 468. The summed E-state index contributed by atoms with van der Waals surface area (Å²) in [6, 6.07) is 6.45. The molecule has 19 heavy (non-hydrogen) atoms. The molecule has 0 aromatic heterocycles. The molecule has 3 nitrogen and oxygen atoms in total. The number of nitrogens with one attached hydrogen (secondary N) is 1. The third kappa shape index (κ3) is 2.41. The van der Waals surface area contributed by atoms with Crippen molar-refractivity contribution in [3.63, 3.8) is 0 Å². The van der Waals surface area contributed by atoms with Crippen molar-refractivity contribution < 1.29 is 0 Å². The lowest BCUT2D eigenvalue weighted by Gasteiger charge is -2.53. The summed E-state index contributed by atoms with van der Waals surface area (Å²) in [4.78, 5) is 2.55. The number of nitrogens with two attached hydrogens (primary N) is 1. The molecular weight excluding hydrogens is 302 g/mol. The molecule has 3 saturated heterocycles. The number of fused-ring (bicyclic) bond motifs is 3.